The molecule has 26 heavy (non-hydrogen) atoms. The van der Waals surface area contributed by atoms with Crippen molar-refractivity contribution < 1.29 is 9.53 Å². The number of para-hydroxylation sites is 1. The molecule has 1 aromatic heterocycles. The summed E-state index contributed by atoms with van der Waals surface area (Å²) in [7, 11) is 0. The van der Waals surface area contributed by atoms with Crippen LogP contribution in [-0.2, 0) is 24.2 Å². The molecule has 0 bridgehead atoms. The van der Waals surface area contributed by atoms with E-state index in [0.717, 1.165) is 36.9 Å². The van der Waals surface area contributed by atoms with E-state index in [1.807, 2.05) is 0 Å². The number of carbonyl (C=O) groups is 1. The first kappa shape index (κ1) is 18.5. The second kappa shape index (κ2) is 8.36. The lowest BCUT2D eigenvalue weighted by Gasteiger charge is -2.17. The SMILES string of the molecule is CC(Oc1ccccc1Cl)C(=O)NCCn1nc2c(cc1=O)CCCC2. The number of nitrogens with zero attached hydrogens (tertiary/aromatic N) is 2. The van der Waals surface area contributed by atoms with E-state index in [1.165, 1.54) is 4.68 Å². The van der Waals surface area contributed by atoms with Crippen LogP contribution < -0.4 is 15.6 Å². The minimum Gasteiger partial charge on any atom is -0.479 e. The highest BCUT2D eigenvalue weighted by molar-refractivity contribution is 6.32. The van der Waals surface area contributed by atoms with Crippen molar-refractivity contribution in [2.75, 3.05) is 6.54 Å². The fourth-order valence-corrected chi connectivity index (χ4v) is 3.15. The second-order valence-electron chi connectivity index (χ2n) is 6.37. The molecule has 1 atom stereocenters. The zero-order chi connectivity index (χ0) is 18.5. The predicted octanol–water partition coefficient (Wildman–Crippen LogP) is 2.36. The Labute approximate surface area is 157 Å². The molecule has 1 aliphatic carbocycles. The lowest BCUT2D eigenvalue weighted by molar-refractivity contribution is -0.127. The molecule has 1 unspecified atom stereocenters. The van der Waals surface area contributed by atoms with Crippen molar-refractivity contribution in [3.05, 3.63) is 57.0 Å². The zero-order valence-electron chi connectivity index (χ0n) is 14.7. The van der Waals surface area contributed by atoms with Crippen molar-refractivity contribution in [3.8, 4) is 5.75 Å². The van der Waals surface area contributed by atoms with Gasteiger partial charge in [-0.25, -0.2) is 4.68 Å². The number of halogens is 1. The van der Waals surface area contributed by atoms with E-state index in [1.54, 1.807) is 37.3 Å². The molecule has 1 aliphatic rings. The number of aryl methyl sites for hydroxylation is 2. The smallest absolute Gasteiger partial charge is 0.267 e. The fraction of sp³-hybridized carbons (Fsp3) is 0.421. The van der Waals surface area contributed by atoms with Gasteiger partial charge in [-0.1, -0.05) is 23.7 Å². The van der Waals surface area contributed by atoms with E-state index in [4.69, 9.17) is 16.3 Å². The van der Waals surface area contributed by atoms with Crippen LogP contribution in [0.1, 0.15) is 31.0 Å². The summed E-state index contributed by atoms with van der Waals surface area (Å²) >= 11 is 6.03. The van der Waals surface area contributed by atoms with Crippen LogP contribution in [0, 0.1) is 0 Å². The van der Waals surface area contributed by atoms with Crippen molar-refractivity contribution in [3.63, 3.8) is 0 Å². The molecule has 1 N–H and O–H groups in total. The minimum atomic E-state index is -0.692. The number of carbonyl (C=O) groups excluding carboxylic acids is 1. The first-order valence-electron chi connectivity index (χ1n) is 8.83. The lowest BCUT2D eigenvalue weighted by atomic mass is 9.97. The predicted molar refractivity (Wildman–Crippen MR) is 99.7 cm³/mol. The Hall–Kier alpha value is -2.34. The third-order valence-electron chi connectivity index (χ3n) is 4.41. The molecule has 7 heteroatoms. The quantitative estimate of drug-likeness (QED) is 0.841. The summed E-state index contributed by atoms with van der Waals surface area (Å²) < 4.78 is 7.00. The van der Waals surface area contributed by atoms with Crippen molar-refractivity contribution in [1.29, 1.82) is 0 Å². The Balaban J connectivity index is 1.54. The topological polar surface area (TPSA) is 73.2 Å². The van der Waals surface area contributed by atoms with Gasteiger partial charge in [-0.2, -0.15) is 5.10 Å². The molecule has 0 spiro atoms. The molecule has 1 amide bonds. The number of benzene rings is 1. The molecule has 0 saturated heterocycles. The van der Waals surface area contributed by atoms with E-state index in [2.05, 4.69) is 10.4 Å². The van der Waals surface area contributed by atoms with Crippen LogP contribution in [0.3, 0.4) is 0 Å². The van der Waals surface area contributed by atoms with Crippen LogP contribution in [0.15, 0.2) is 35.1 Å². The summed E-state index contributed by atoms with van der Waals surface area (Å²) in [5.41, 5.74) is 1.93. The molecule has 0 saturated carbocycles. The van der Waals surface area contributed by atoms with E-state index >= 15 is 0 Å². The number of hydrogen-bond donors (Lipinski definition) is 1. The first-order chi connectivity index (χ1) is 12.5. The third-order valence-corrected chi connectivity index (χ3v) is 4.72. The summed E-state index contributed by atoms with van der Waals surface area (Å²) in [6.45, 7) is 2.29. The fourth-order valence-electron chi connectivity index (χ4n) is 2.97. The van der Waals surface area contributed by atoms with Gasteiger partial charge in [-0.15, -0.1) is 0 Å². The van der Waals surface area contributed by atoms with E-state index in [0.29, 0.717) is 23.9 Å². The summed E-state index contributed by atoms with van der Waals surface area (Å²) in [6.07, 6.45) is 3.35. The molecule has 1 aromatic carbocycles. The number of ether oxygens (including phenoxy) is 1. The molecule has 0 fully saturated rings. The van der Waals surface area contributed by atoms with Gasteiger partial charge in [-0.05, 0) is 50.3 Å². The number of hydrogen-bond acceptors (Lipinski definition) is 4. The van der Waals surface area contributed by atoms with Gasteiger partial charge in [0.1, 0.15) is 5.75 Å². The summed E-state index contributed by atoms with van der Waals surface area (Å²) in [5.74, 6) is 0.195. The van der Waals surface area contributed by atoms with Gasteiger partial charge in [0.25, 0.3) is 11.5 Å². The minimum absolute atomic E-state index is 0.125. The Bertz CT molecular complexity index is 850. The first-order valence-corrected chi connectivity index (χ1v) is 9.21. The number of amides is 1. The molecule has 1 heterocycles. The molecule has 138 valence electrons. The Morgan fingerprint density at radius 1 is 1.35 bits per heavy atom. The van der Waals surface area contributed by atoms with E-state index in [9.17, 15) is 9.59 Å². The Morgan fingerprint density at radius 2 is 2.12 bits per heavy atom. The number of rotatable bonds is 6. The van der Waals surface area contributed by atoms with E-state index < -0.39 is 6.10 Å². The molecular formula is C19H22ClN3O3. The average Bonchev–Trinajstić information content (AvgIpc) is 2.63. The Morgan fingerprint density at radius 3 is 2.92 bits per heavy atom. The van der Waals surface area contributed by atoms with Gasteiger partial charge < -0.3 is 10.1 Å². The van der Waals surface area contributed by atoms with Crippen molar-refractivity contribution in [2.24, 2.45) is 0 Å². The normalized spacial score (nSPS) is 14.4. The van der Waals surface area contributed by atoms with Crippen molar-refractivity contribution >= 4 is 17.5 Å². The number of aromatic nitrogens is 2. The van der Waals surface area contributed by atoms with Crippen LogP contribution in [0.2, 0.25) is 5.02 Å². The van der Waals surface area contributed by atoms with Crippen molar-refractivity contribution in [1.82, 2.24) is 15.1 Å². The van der Waals surface area contributed by atoms with Crippen LogP contribution in [0.5, 0.6) is 5.75 Å². The summed E-state index contributed by atoms with van der Waals surface area (Å²) in [5, 5.41) is 7.66. The van der Waals surface area contributed by atoms with Gasteiger partial charge in [-0.3, -0.25) is 9.59 Å². The monoisotopic (exact) mass is 375 g/mol. The average molecular weight is 376 g/mol. The molecule has 0 radical (unpaired) electrons. The van der Waals surface area contributed by atoms with Crippen LogP contribution in [0.4, 0.5) is 0 Å². The highest BCUT2D eigenvalue weighted by Crippen LogP contribution is 2.24. The molecular weight excluding hydrogens is 354 g/mol. The van der Waals surface area contributed by atoms with Gasteiger partial charge in [0, 0.05) is 12.6 Å². The summed E-state index contributed by atoms with van der Waals surface area (Å²) in [6, 6.07) is 8.67. The summed E-state index contributed by atoms with van der Waals surface area (Å²) in [4.78, 5) is 24.3. The van der Waals surface area contributed by atoms with Crippen molar-refractivity contribution in [2.45, 2.75) is 45.3 Å². The van der Waals surface area contributed by atoms with Gasteiger partial charge >= 0.3 is 0 Å². The van der Waals surface area contributed by atoms with Crippen LogP contribution in [-0.4, -0.2) is 28.3 Å². The highest BCUT2D eigenvalue weighted by Gasteiger charge is 2.16. The van der Waals surface area contributed by atoms with Gasteiger partial charge in [0.05, 0.1) is 17.3 Å². The maximum Gasteiger partial charge on any atom is 0.267 e. The molecule has 6 nitrogen and oxygen atoms in total. The second-order valence-corrected chi connectivity index (χ2v) is 6.77. The molecule has 3 rings (SSSR count). The largest absolute Gasteiger partial charge is 0.479 e. The molecule has 0 aliphatic heterocycles. The van der Waals surface area contributed by atoms with E-state index in [-0.39, 0.29) is 11.5 Å². The maximum atomic E-state index is 12.2. The molecule has 2 aromatic rings. The third kappa shape index (κ3) is 4.43. The lowest BCUT2D eigenvalue weighted by Crippen LogP contribution is -2.39. The maximum absolute atomic E-state index is 12.2. The number of nitrogens with one attached hydrogen (secondary N) is 1. The highest BCUT2D eigenvalue weighted by atomic mass is 35.5. The van der Waals surface area contributed by atoms with Crippen LogP contribution in [0.25, 0.3) is 0 Å². The van der Waals surface area contributed by atoms with Gasteiger partial charge in [0.2, 0.25) is 0 Å². The van der Waals surface area contributed by atoms with Gasteiger partial charge in [0.15, 0.2) is 6.10 Å². The number of fused-ring (bicyclic) bond motifs is 1. The van der Waals surface area contributed by atoms with Crippen LogP contribution >= 0.6 is 11.6 Å². The standard InChI is InChI=1S/C19H22ClN3O3/c1-13(26-17-9-5-3-7-15(17)20)19(25)21-10-11-23-18(24)12-14-6-2-4-8-16(14)22-23/h3,5,7,9,12-13H,2,4,6,8,10-11H2,1H3,(H,21,25). The zero-order valence-corrected chi connectivity index (χ0v) is 15.5. The Kier molecular flexibility index (Phi) is 5.93.